The lowest BCUT2D eigenvalue weighted by Gasteiger charge is -2.31. The lowest BCUT2D eigenvalue weighted by Crippen LogP contribution is -2.40. The van der Waals surface area contributed by atoms with Gasteiger partial charge >= 0.3 is 0 Å². The molecule has 3 heterocycles. The van der Waals surface area contributed by atoms with Crippen LogP contribution in [0, 0.1) is 5.82 Å². The number of aromatic nitrogens is 2. The first-order chi connectivity index (χ1) is 13.4. The van der Waals surface area contributed by atoms with Gasteiger partial charge < -0.3 is 9.88 Å². The summed E-state index contributed by atoms with van der Waals surface area (Å²) >= 11 is 0. The number of rotatable bonds is 3. The Kier molecular flexibility index (Phi) is 5.02. The zero-order valence-electron chi connectivity index (χ0n) is 16.2. The van der Waals surface area contributed by atoms with Crippen LogP contribution in [0.4, 0.5) is 4.39 Å². The summed E-state index contributed by atoms with van der Waals surface area (Å²) in [5.41, 5.74) is 1.92. The fourth-order valence-corrected chi connectivity index (χ4v) is 4.12. The van der Waals surface area contributed by atoms with Crippen molar-refractivity contribution >= 4 is 5.91 Å². The number of fused-ring (bicyclic) bond motifs is 1. The van der Waals surface area contributed by atoms with Crippen molar-refractivity contribution in [3.05, 3.63) is 63.1 Å². The molecule has 0 bridgehead atoms. The molecule has 6 nitrogen and oxygen atoms in total. The monoisotopic (exact) mass is 384 g/mol. The van der Waals surface area contributed by atoms with E-state index in [1.54, 1.807) is 4.90 Å². The highest BCUT2D eigenvalue weighted by atomic mass is 19.1. The van der Waals surface area contributed by atoms with Crippen molar-refractivity contribution in [3.8, 4) is 0 Å². The number of nitrogens with zero attached hydrogens (tertiary/aromatic N) is 3. The Bertz CT molecular complexity index is 938. The number of H-pyrrole nitrogens is 1. The van der Waals surface area contributed by atoms with E-state index in [9.17, 15) is 14.0 Å². The molecule has 2 aliphatic heterocycles. The number of likely N-dealkylation sites (tertiary alicyclic amines) is 1. The molecule has 4 rings (SSSR count). The molecule has 2 aromatic rings. The summed E-state index contributed by atoms with van der Waals surface area (Å²) in [6.45, 7) is 6.33. The molecule has 7 heteroatoms. The van der Waals surface area contributed by atoms with Gasteiger partial charge in [-0.3, -0.25) is 14.5 Å². The third-order valence-corrected chi connectivity index (χ3v) is 5.77. The van der Waals surface area contributed by atoms with E-state index >= 15 is 0 Å². The van der Waals surface area contributed by atoms with Crippen molar-refractivity contribution in [1.82, 2.24) is 19.8 Å². The maximum atomic E-state index is 13.2. The number of benzene rings is 1. The second kappa shape index (κ2) is 7.47. The predicted octanol–water partition coefficient (Wildman–Crippen LogP) is 2.65. The Balaban J connectivity index is 1.62. The minimum Gasteiger partial charge on any atom is -0.328 e. The molecule has 0 saturated carbocycles. The summed E-state index contributed by atoms with van der Waals surface area (Å²) in [6.07, 6.45) is 2.34. The van der Waals surface area contributed by atoms with Crippen LogP contribution < -0.4 is 5.56 Å². The van der Waals surface area contributed by atoms with Gasteiger partial charge in [-0.25, -0.2) is 9.37 Å². The quantitative estimate of drug-likeness (QED) is 0.883. The Labute approximate surface area is 163 Å². The van der Waals surface area contributed by atoms with Crippen LogP contribution in [-0.4, -0.2) is 44.8 Å². The van der Waals surface area contributed by atoms with Crippen molar-refractivity contribution in [2.75, 3.05) is 13.1 Å². The molecule has 0 aliphatic carbocycles. The number of hydrogen-bond acceptors (Lipinski definition) is 4. The third-order valence-electron chi connectivity index (χ3n) is 5.77. The van der Waals surface area contributed by atoms with E-state index in [1.165, 1.54) is 24.3 Å². The van der Waals surface area contributed by atoms with Gasteiger partial charge in [0.2, 0.25) is 0 Å². The number of carbonyl (C=O) groups is 1. The first kappa shape index (κ1) is 18.8. The molecule has 1 saturated heterocycles. The molecule has 1 aromatic carbocycles. The zero-order chi connectivity index (χ0) is 19.8. The summed E-state index contributed by atoms with van der Waals surface area (Å²) < 4.78 is 13.2. The average molecular weight is 384 g/mol. The van der Waals surface area contributed by atoms with E-state index in [-0.39, 0.29) is 23.3 Å². The fourth-order valence-electron chi connectivity index (χ4n) is 4.12. The average Bonchev–Trinajstić information content (AvgIpc) is 3.17. The van der Waals surface area contributed by atoms with E-state index < -0.39 is 0 Å². The Morgan fingerprint density at radius 1 is 1.25 bits per heavy atom. The Morgan fingerprint density at radius 2 is 2.00 bits per heavy atom. The molecule has 28 heavy (non-hydrogen) atoms. The maximum Gasteiger partial charge on any atom is 0.255 e. The van der Waals surface area contributed by atoms with Crippen LogP contribution in [0.2, 0.25) is 0 Å². The summed E-state index contributed by atoms with van der Waals surface area (Å²) in [7, 11) is 0. The lowest BCUT2D eigenvalue weighted by molar-refractivity contribution is 0.0729. The van der Waals surface area contributed by atoms with Gasteiger partial charge in [-0.15, -0.1) is 0 Å². The molecule has 1 fully saturated rings. The van der Waals surface area contributed by atoms with Gasteiger partial charge in [0, 0.05) is 37.7 Å². The number of nitrogens with one attached hydrogen (secondary N) is 1. The van der Waals surface area contributed by atoms with E-state index in [4.69, 9.17) is 4.98 Å². The number of halogens is 1. The molecule has 0 radical (unpaired) electrons. The molecule has 2 aliphatic rings. The summed E-state index contributed by atoms with van der Waals surface area (Å²) in [6, 6.07) is 5.70. The van der Waals surface area contributed by atoms with Gasteiger partial charge in [-0.1, -0.05) is 0 Å². The predicted molar refractivity (Wildman–Crippen MR) is 104 cm³/mol. The van der Waals surface area contributed by atoms with Crippen LogP contribution in [0.5, 0.6) is 0 Å². The molecular weight excluding hydrogens is 359 g/mol. The second-order valence-electron chi connectivity index (χ2n) is 7.85. The van der Waals surface area contributed by atoms with Crippen LogP contribution in [0.3, 0.4) is 0 Å². The molecule has 148 valence electrons. The highest BCUT2D eigenvalue weighted by Crippen LogP contribution is 2.31. The van der Waals surface area contributed by atoms with Crippen LogP contribution in [0.25, 0.3) is 0 Å². The SMILES string of the molecule is CC(C)N1CCc2nc([C@@H]3CCCN3C(=O)c3ccc(F)cc3)[nH]c(=O)c2C1. The van der Waals surface area contributed by atoms with Crippen molar-refractivity contribution in [2.45, 2.75) is 51.7 Å². The topological polar surface area (TPSA) is 69.3 Å². The standard InChI is InChI=1S/C21H25FN4O2/c1-13(2)25-11-9-17-16(12-25)20(27)24-19(23-17)18-4-3-10-26(18)21(28)14-5-7-15(22)8-6-14/h5-8,13,18H,3-4,9-12H2,1-2H3,(H,23,24,27)/t18-/m0/s1. The van der Waals surface area contributed by atoms with E-state index in [2.05, 4.69) is 23.7 Å². The van der Waals surface area contributed by atoms with Gasteiger partial charge in [-0.2, -0.15) is 0 Å². The van der Waals surface area contributed by atoms with Crippen molar-refractivity contribution < 1.29 is 9.18 Å². The van der Waals surface area contributed by atoms with Crippen molar-refractivity contribution in [1.29, 1.82) is 0 Å². The van der Waals surface area contributed by atoms with Gasteiger partial charge in [0.15, 0.2) is 0 Å². The van der Waals surface area contributed by atoms with Crippen LogP contribution in [0.15, 0.2) is 29.1 Å². The molecule has 1 amide bonds. The van der Waals surface area contributed by atoms with Crippen molar-refractivity contribution in [3.63, 3.8) is 0 Å². The van der Waals surface area contributed by atoms with Gasteiger partial charge in [0.1, 0.15) is 11.6 Å². The molecule has 1 atom stereocenters. The third kappa shape index (κ3) is 3.46. The largest absolute Gasteiger partial charge is 0.328 e. The minimum absolute atomic E-state index is 0.105. The van der Waals surface area contributed by atoms with Gasteiger partial charge in [0.05, 0.1) is 17.3 Å². The lowest BCUT2D eigenvalue weighted by atomic mass is 10.0. The molecule has 0 unspecified atom stereocenters. The number of carbonyl (C=O) groups excluding carboxylic acids is 1. The summed E-state index contributed by atoms with van der Waals surface area (Å²) in [4.78, 5) is 37.3. The first-order valence-electron chi connectivity index (χ1n) is 9.86. The van der Waals surface area contributed by atoms with E-state index in [0.29, 0.717) is 30.5 Å². The molecule has 1 aromatic heterocycles. The van der Waals surface area contributed by atoms with Crippen LogP contribution in [0.1, 0.15) is 60.2 Å². The smallest absolute Gasteiger partial charge is 0.255 e. The number of hydrogen-bond donors (Lipinski definition) is 1. The van der Waals surface area contributed by atoms with Gasteiger partial charge in [-0.05, 0) is 51.0 Å². The summed E-state index contributed by atoms with van der Waals surface area (Å²) in [5, 5.41) is 0. The molecule has 0 spiro atoms. The fraction of sp³-hybridized carbons (Fsp3) is 0.476. The van der Waals surface area contributed by atoms with Crippen LogP contribution >= 0.6 is 0 Å². The van der Waals surface area contributed by atoms with Crippen LogP contribution in [-0.2, 0) is 13.0 Å². The first-order valence-corrected chi connectivity index (χ1v) is 9.86. The molecule has 1 N–H and O–H groups in total. The normalized spacial score (nSPS) is 19.9. The number of aromatic amines is 1. The highest BCUT2D eigenvalue weighted by Gasteiger charge is 2.33. The maximum absolute atomic E-state index is 13.2. The zero-order valence-corrected chi connectivity index (χ0v) is 16.2. The van der Waals surface area contributed by atoms with Gasteiger partial charge in [0.25, 0.3) is 11.5 Å². The summed E-state index contributed by atoms with van der Waals surface area (Å²) in [5.74, 6) is 0.0363. The number of amides is 1. The second-order valence-corrected chi connectivity index (χ2v) is 7.85. The van der Waals surface area contributed by atoms with E-state index in [0.717, 1.165) is 37.1 Å². The Morgan fingerprint density at radius 3 is 2.71 bits per heavy atom. The highest BCUT2D eigenvalue weighted by molar-refractivity contribution is 5.94. The molecular formula is C21H25FN4O2. The van der Waals surface area contributed by atoms with E-state index in [1.807, 2.05) is 0 Å². The minimum atomic E-state index is -0.370. The Hall–Kier alpha value is -2.54. The van der Waals surface area contributed by atoms with Crippen molar-refractivity contribution in [2.24, 2.45) is 0 Å².